The van der Waals surface area contributed by atoms with Crippen LogP contribution in [-0.2, 0) is 4.74 Å². The van der Waals surface area contributed by atoms with Crippen molar-refractivity contribution in [3.05, 3.63) is 0 Å². The first-order chi connectivity index (χ1) is 8.19. The summed E-state index contributed by atoms with van der Waals surface area (Å²) in [5, 5.41) is 0. The van der Waals surface area contributed by atoms with Gasteiger partial charge in [0.25, 0.3) is 0 Å². The third-order valence-electron chi connectivity index (χ3n) is 3.47. The van der Waals surface area contributed by atoms with Gasteiger partial charge in [-0.1, -0.05) is 13.8 Å². The lowest BCUT2D eigenvalue weighted by molar-refractivity contribution is 0.203. The average Bonchev–Trinajstić information content (AvgIpc) is 2.35. The highest BCUT2D eigenvalue weighted by molar-refractivity contribution is 5.79. The zero-order valence-electron chi connectivity index (χ0n) is 11.3. The molecule has 17 heavy (non-hydrogen) atoms. The summed E-state index contributed by atoms with van der Waals surface area (Å²) in [7, 11) is 1.68. The molecule has 0 aliphatic carbocycles. The SMILES string of the molecule is COCCN=C(NN)N1CCC(C(C)C)CC1. The lowest BCUT2D eigenvalue weighted by atomic mass is 9.87. The summed E-state index contributed by atoms with van der Waals surface area (Å²) in [6, 6.07) is 0. The van der Waals surface area contributed by atoms with E-state index in [1.807, 2.05) is 0 Å². The Morgan fingerprint density at radius 2 is 2.12 bits per heavy atom. The summed E-state index contributed by atoms with van der Waals surface area (Å²) >= 11 is 0. The molecule has 1 fully saturated rings. The van der Waals surface area contributed by atoms with Crippen molar-refractivity contribution in [2.75, 3.05) is 33.4 Å². The van der Waals surface area contributed by atoms with Crippen LogP contribution in [0.4, 0.5) is 0 Å². The average molecular weight is 242 g/mol. The van der Waals surface area contributed by atoms with Crippen LogP contribution in [0.2, 0.25) is 0 Å². The third kappa shape index (κ3) is 4.52. The molecule has 0 aromatic heterocycles. The van der Waals surface area contributed by atoms with Crippen LogP contribution >= 0.6 is 0 Å². The quantitative estimate of drug-likeness (QED) is 0.252. The fourth-order valence-corrected chi connectivity index (χ4v) is 2.26. The summed E-state index contributed by atoms with van der Waals surface area (Å²) in [5.74, 6) is 7.92. The van der Waals surface area contributed by atoms with E-state index in [9.17, 15) is 0 Å². The van der Waals surface area contributed by atoms with Gasteiger partial charge in [0.1, 0.15) is 0 Å². The van der Waals surface area contributed by atoms with Crippen molar-refractivity contribution in [1.82, 2.24) is 10.3 Å². The molecule has 0 atom stereocenters. The number of aliphatic imine (C=N–C) groups is 1. The Hall–Kier alpha value is -0.810. The van der Waals surface area contributed by atoms with Gasteiger partial charge in [-0.2, -0.15) is 0 Å². The Labute approximate surface area is 104 Å². The number of guanidine groups is 1. The van der Waals surface area contributed by atoms with Crippen LogP contribution in [0.15, 0.2) is 4.99 Å². The molecule has 0 aromatic carbocycles. The molecule has 0 unspecified atom stereocenters. The highest BCUT2D eigenvalue weighted by Gasteiger charge is 2.23. The van der Waals surface area contributed by atoms with Crippen molar-refractivity contribution in [3.63, 3.8) is 0 Å². The van der Waals surface area contributed by atoms with E-state index in [4.69, 9.17) is 10.6 Å². The number of nitrogens with one attached hydrogen (secondary N) is 1. The molecule has 0 radical (unpaired) electrons. The van der Waals surface area contributed by atoms with Gasteiger partial charge in [0.2, 0.25) is 5.96 Å². The summed E-state index contributed by atoms with van der Waals surface area (Å²) in [6.07, 6.45) is 2.45. The standard InChI is InChI=1S/C12H26N4O/c1-10(2)11-4-7-16(8-5-11)12(15-13)14-6-9-17-3/h10-11H,4-9,13H2,1-3H3,(H,14,15). The van der Waals surface area contributed by atoms with Gasteiger partial charge < -0.3 is 9.64 Å². The van der Waals surface area contributed by atoms with E-state index in [0.29, 0.717) is 13.2 Å². The second-order valence-corrected chi connectivity index (χ2v) is 4.91. The first kappa shape index (κ1) is 14.3. The van der Waals surface area contributed by atoms with Crippen molar-refractivity contribution in [2.45, 2.75) is 26.7 Å². The third-order valence-corrected chi connectivity index (χ3v) is 3.47. The monoisotopic (exact) mass is 242 g/mol. The minimum atomic E-state index is 0.633. The summed E-state index contributed by atoms with van der Waals surface area (Å²) < 4.78 is 4.98. The number of piperidine rings is 1. The molecule has 1 rings (SSSR count). The van der Waals surface area contributed by atoms with Crippen molar-refractivity contribution in [3.8, 4) is 0 Å². The maximum atomic E-state index is 5.52. The Morgan fingerprint density at radius 3 is 2.59 bits per heavy atom. The van der Waals surface area contributed by atoms with E-state index in [0.717, 1.165) is 30.9 Å². The molecule has 1 saturated heterocycles. The maximum Gasteiger partial charge on any atom is 0.208 e. The Morgan fingerprint density at radius 1 is 1.47 bits per heavy atom. The van der Waals surface area contributed by atoms with E-state index in [1.54, 1.807) is 7.11 Å². The number of hydrazine groups is 1. The molecule has 0 bridgehead atoms. The maximum absolute atomic E-state index is 5.52. The molecule has 1 heterocycles. The highest BCUT2D eigenvalue weighted by atomic mass is 16.5. The van der Waals surface area contributed by atoms with Gasteiger partial charge in [0.05, 0.1) is 13.2 Å². The van der Waals surface area contributed by atoms with Crippen molar-refractivity contribution in [1.29, 1.82) is 0 Å². The van der Waals surface area contributed by atoms with E-state index < -0.39 is 0 Å². The van der Waals surface area contributed by atoms with Crippen LogP contribution in [0.1, 0.15) is 26.7 Å². The smallest absolute Gasteiger partial charge is 0.208 e. The van der Waals surface area contributed by atoms with Gasteiger partial charge >= 0.3 is 0 Å². The number of hydrogen-bond donors (Lipinski definition) is 2. The molecule has 0 aromatic rings. The van der Waals surface area contributed by atoms with Crippen molar-refractivity contribution < 1.29 is 4.74 Å². The summed E-state index contributed by atoms with van der Waals surface area (Å²) in [5.41, 5.74) is 2.70. The lowest BCUT2D eigenvalue weighted by Gasteiger charge is -2.35. The Bertz CT molecular complexity index is 235. The Kier molecular flexibility index (Phi) is 6.29. The van der Waals surface area contributed by atoms with Crippen LogP contribution < -0.4 is 11.3 Å². The van der Waals surface area contributed by atoms with Gasteiger partial charge in [-0.3, -0.25) is 5.43 Å². The molecule has 3 N–H and O–H groups in total. The molecule has 1 aliphatic rings. The zero-order chi connectivity index (χ0) is 12.7. The predicted molar refractivity (Wildman–Crippen MR) is 70.6 cm³/mol. The van der Waals surface area contributed by atoms with Gasteiger partial charge in [-0.05, 0) is 24.7 Å². The molecule has 5 heteroatoms. The van der Waals surface area contributed by atoms with E-state index in [-0.39, 0.29) is 0 Å². The minimum absolute atomic E-state index is 0.633. The van der Waals surface area contributed by atoms with Crippen molar-refractivity contribution >= 4 is 5.96 Å². The van der Waals surface area contributed by atoms with Gasteiger partial charge in [0, 0.05) is 20.2 Å². The molecular weight excluding hydrogens is 216 g/mol. The van der Waals surface area contributed by atoms with Gasteiger partial charge in [-0.25, -0.2) is 10.8 Å². The number of hydrogen-bond acceptors (Lipinski definition) is 3. The topological polar surface area (TPSA) is 62.9 Å². The first-order valence-corrected chi connectivity index (χ1v) is 6.44. The second kappa shape index (κ2) is 7.50. The Balaban J connectivity index is 2.42. The van der Waals surface area contributed by atoms with Crippen LogP contribution in [0.5, 0.6) is 0 Å². The summed E-state index contributed by atoms with van der Waals surface area (Å²) in [4.78, 5) is 6.64. The second-order valence-electron chi connectivity index (χ2n) is 4.91. The first-order valence-electron chi connectivity index (χ1n) is 6.44. The fourth-order valence-electron chi connectivity index (χ4n) is 2.26. The molecule has 1 aliphatic heterocycles. The number of likely N-dealkylation sites (tertiary alicyclic amines) is 1. The van der Waals surface area contributed by atoms with E-state index >= 15 is 0 Å². The van der Waals surface area contributed by atoms with Crippen LogP contribution in [-0.4, -0.2) is 44.2 Å². The molecule has 0 saturated carbocycles. The van der Waals surface area contributed by atoms with E-state index in [2.05, 4.69) is 29.2 Å². The molecule has 0 spiro atoms. The number of nitrogens with two attached hydrogens (primary N) is 1. The zero-order valence-corrected chi connectivity index (χ0v) is 11.3. The molecule has 0 amide bonds. The number of methoxy groups -OCH3 is 1. The normalized spacial score (nSPS) is 18.9. The fraction of sp³-hybridized carbons (Fsp3) is 0.917. The van der Waals surface area contributed by atoms with Gasteiger partial charge in [0.15, 0.2) is 0 Å². The van der Waals surface area contributed by atoms with E-state index in [1.165, 1.54) is 12.8 Å². The number of nitrogens with zero attached hydrogens (tertiary/aromatic N) is 2. The molecule has 100 valence electrons. The molecule has 5 nitrogen and oxygen atoms in total. The van der Waals surface area contributed by atoms with Gasteiger partial charge in [-0.15, -0.1) is 0 Å². The minimum Gasteiger partial charge on any atom is -0.383 e. The number of rotatable bonds is 4. The largest absolute Gasteiger partial charge is 0.383 e. The number of ether oxygens (including phenoxy) is 1. The van der Waals surface area contributed by atoms with Crippen LogP contribution in [0.25, 0.3) is 0 Å². The predicted octanol–water partition coefficient (Wildman–Crippen LogP) is 0.820. The van der Waals surface area contributed by atoms with Crippen LogP contribution in [0, 0.1) is 11.8 Å². The molecular formula is C12H26N4O. The summed E-state index contributed by atoms with van der Waals surface area (Å²) in [6.45, 7) is 7.97. The highest BCUT2D eigenvalue weighted by Crippen LogP contribution is 2.24. The lowest BCUT2D eigenvalue weighted by Crippen LogP contribution is -2.48. The van der Waals surface area contributed by atoms with Crippen molar-refractivity contribution in [2.24, 2.45) is 22.7 Å². The van der Waals surface area contributed by atoms with Crippen LogP contribution in [0.3, 0.4) is 0 Å².